The van der Waals surface area contributed by atoms with Gasteiger partial charge in [0.15, 0.2) is 5.16 Å². The molecule has 2 rings (SSSR count). The van der Waals surface area contributed by atoms with Gasteiger partial charge in [-0.25, -0.2) is 9.78 Å². The van der Waals surface area contributed by atoms with Crippen LogP contribution < -0.4 is 5.32 Å². The predicted octanol–water partition coefficient (Wildman–Crippen LogP) is 2.67. The van der Waals surface area contributed by atoms with Gasteiger partial charge in [0.1, 0.15) is 6.04 Å². The van der Waals surface area contributed by atoms with Gasteiger partial charge in [0.05, 0.1) is 23.9 Å². The van der Waals surface area contributed by atoms with E-state index in [0.29, 0.717) is 5.16 Å². The van der Waals surface area contributed by atoms with Gasteiger partial charge in [-0.05, 0) is 30.5 Å². The van der Waals surface area contributed by atoms with Crippen LogP contribution in [0.15, 0.2) is 23.4 Å². The van der Waals surface area contributed by atoms with E-state index in [0.717, 1.165) is 23.0 Å². The van der Waals surface area contributed by atoms with Gasteiger partial charge in [-0.15, -0.1) is 0 Å². The van der Waals surface area contributed by atoms with Crippen LogP contribution in [0.25, 0.3) is 11.0 Å². The molecular formula is C17H23N3O3S. The first-order valence-corrected chi connectivity index (χ1v) is 8.89. The molecular weight excluding hydrogens is 326 g/mol. The first kappa shape index (κ1) is 18.3. The third-order valence-electron chi connectivity index (χ3n) is 3.94. The maximum Gasteiger partial charge on any atom is 0.328 e. The molecule has 1 aromatic heterocycles. The van der Waals surface area contributed by atoms with E-state index in [1.807, 2.05) is 39.0 Å². The minimum Gasteiger partial charge on any atom is -0.467 e. The average Bonchev–Trinajstić information content (AvgIpc) is 2.98. The molecule has 0 aliphatic rings. The first-order chi connectivity index (χ1) is 11.4. The van der Waals surface area contributed by atoms with Gasteiger partial charge in [-0.3, -0.25) is 4.79 Å². The Kier molecular flexibility index (Phi) is 6.25. The quantitative estimate of drug-likeness (QED) is 0.593. The molecule has 0 saturated heterocycles. The maximum absolute atomic E-state index is 12.2. The molecule has 0 radical (unpaired) electrons. The fraction of sp³-hybridized carbons (Fsp3) is 0.471. The Morgan fingerprint density at radius 2 is 2.17 bits per heavy atom. The molecule has 2 aromatic rings. The highest BCUT2D eigenvalue weighted by atomic mass is 32.2. The number of fused-ring (bicyclic) bond motifs is 1. The normalized spacial score (nSPS) is 13.5. The maximum atomic E-state index is 12.2. The van der Waals surface area contributed by atoms with Crippen molar-refractivity contribution in [2.24, 2.45) is 5.92 Å². The lowest BCUT2D eigenvalue weighted by Crippen LogP contribution is -2.46. The molecule has 24 heavy (non-hydrogen) atoms. The lowest BCUT2D eigenvalue weighted by atomic mass is 9.99. The third-order valence-corrected chi connectivity index (χ3v) is 4.81. The van der Waals surface area contributed by atoms with E-state index in [2.05, 4.69) is 15.3 Å². The van der Waals surface area contributed by atoms with Crippen LogP contribution in [-0.4, -0.2) is 40.7 Å². The number of aromatic amines is 1. The number of carbonyl (C=O) groups excluding carboxylic acids is 2. The number of carbonyl (C=O) groups is 2. The van der Waals surface area contributed by atoms with Crippen molar-refractivity contribution in [1.29, 1.82) is 0 Å². The smallest absolute Gasteiger partial charge is 0.328 e. The van der Waals surface area contributed by atoms with Gasteiger partial charge in [0.2, 0.25) is 5.91 Å². The van der Waals surface area contributed by atoms with E-state index in [9.17, 15) is 9.59 Å². The lowest BCUT2D eigenvalue weighted by Gasteiger charge is -2.21. The summed E-state index contributed by atoms with van der Waals surface area (Å²) >= 11 is 1.31. The summed E-state index contributed by atoms with van der Waals surface area (Å²) in [6.45, 7) is 5.90. The van der Waals surface area contributed by atoms with Crippen molar-refractivity contribution >= 4 is 34.7 Å². The summed E-state index contributed by atoms with van der Waals surface area (Å²) < 4.78 is 4.77. The van der Waals surface area contributed by atoms with Crippen molar-refractivity contribution in [3.63, 3.8) is 0 Å². The second-order valence-electron chi connectivity index (χ2n) is 5.81. The van der Waals surface area contributed by atoms with E-state index in [-0.39, 0.29) is 17.6 Å². The van der Waals surface area contributed by atoms with Crippen molar-refractivity contribution in [2.45, 2.75) is 38.4 Å². The Balaban J connectivity index is 1.96. The number of imidazole rings is 1. The molecule has 7 heteroatoms. The molecule has 1 aromatic carbocycles. The van der Waals surface area contributed by atoms with Crippen LogP contribution >= 0.6 is 11.8 Å². The Morgan fingerprint density at radius 1 is 1.42 bits per heavy atom. The van der Waals surface area contributed by atoms with E-state index in [4.69, 9.17) is 4.74 Å². The monoisotopic (exact) mass is 349 g/mol. The zero-order chi connectivity index (χ0) is 17.7. The highest BCUT2D eigenvalue weighted by Crippen LogP contribution is 2.20. The summed E-state index contributed by atoms with van der Waals surface area (Å²) in [5, 5.41) is 3.44. The third kappa shape index (κ3) is 4.50. The number of rotatable bonds is 7. The van der Waals surface area contributed by atoms with Crippen molar-refractivity contribution in [3.8, 4) is 0 Å². The summed E-state index contributed by atoms with van der Waals surface area (Å²) in [5.41, 5.74) is 2.97. The Labute approximate surface area is 145 Å². The number of ether oxygens (including phenoxy) is 1. The molecule has 1 amide bonds. The van der Waals surface area contributed by atoms with E-state index in [1.54, 1.807) is 0 Å². The van der Waals surface area contributed by atoms with Crippen LogP contribution in [0.5, 0.6) is 0 Å². The largest absolute Gasteiger partial charge is 0.467 e. The number of hydrogen-bond donors (Lipinski definition) is 2. The van der Waals surface area contributed by atoms with Gasteiger partial charge in [0, 0.05) is 0 Å². The van der Waals surface area contributed by atoms with Crippen LogP contribution in [-0.2, 0) is 14.3 Å². The number of nitrogens with one attached hydrogen (secondary N) is 2. The number of aromatic nitrogens is 2. The number of benzene rings is 1. The van der Waals surface area contributed by atoms with E-state index in [1.165, 1.54) is 18.9 Å². The number of thioether (sulfide) groups is 1. The molecule has 0 aliphatic carbocycles. The number of nitrogens with zero attached hydrogens (tertiary/aromatic N) is 1. The van der Waals surface area contributed by atoms with E-state index >= 15 is 0 Å². The van der Waals surface area contributed by atoms with Crippen LogP contribution in [0.4, 0.5) is 0 Å². The molecule has 0 fully saturated rings. The SMILES string of the molecule is CC[C@H](C)[C@@H](NC(=O)CSc1nc2ccc(C)cc2[nH]1)C(=O)OC. The predicted molar refractivity (Wildman–Crippen MR) is 95.0 cm³/mol. The van der Waals surface area contributed by atoms with E-state index < -0.39 is 12.0 Å². The van der Waals surface area contributed by atoms with Gasteiger partial charge in [-0.1, -0.05) is 38.1 Å². The fourth-order valence-corrected chi connectivity index (χ4v) is 3.01. The number of aryl methyl sites for hydroxylation is 1. The molecule has 0 saturated carbocycles. The highest BCUT2D eigenvalue weighted by molar-refractivity contribution is 7.99. The van der Waals surface area contributed by atoms with Gasteiger partial charge >= 0.3 is 5.97 Å². The van der Waals surface area contributed by atoms with Crippen molar-refractivity contribution < 1.29 is 14.3 Å². The number of H-pyrrole nitrogens is 1. The second-order valence-corrected chi connectivity index (χ2v) is 6.77. The summed E-state index contributed by atoms with van der Waals surface area (Å²) in [6.07, 6.45) is 0.774. The molecule has 6 nitrogen and oxygen atoms in total. The van der Waals surface area contributed by atoms with Crippen molar-refractivity contribution in [3.05, 3.63) is 23.8 Å². The Bertz CT molecular complexity index is 729. The number of amides is 1. The average molecular weight is 349 g/mol. The van der Waals surface area contributed by atoms with Gasteiger partial charge in [0.25, 0.3) is 0 Å². The Hall–Kier alpha value is -2.02. The second kappa shape index (κ2) is 8.19. The zero-order valence-corrected chi connectivity index (χ0v) is 15.2. The fourth-order valence-electron chi connectivity index (χ4n) is 2.31. The van der Waals surface area contributed by atoms with Crippen LogP contribution in [0.3, 0.4) is 0 Å². The van der Waals surface area contributed by atoms with Crippen LogP contribution in [0.2, 0.25) is 0 Å². The van der Waals surface area contributed by atoms with Crippen molar-refractivity contribution in [2.75, 3.05) is 12.9 Å². The molecule has 1 heterocycles. The molecule has 2 N–H and O–H groups in total. The first-order valence-electron chi connectivity index (χ1n) is 7.91. The number of hydrogen-bond acceptors (Lipinski definition) is 5. The molecule has 2 atom stereocenters. The molecule has 0 unspecified atom stereocenters. The van der Waals surface area contributed by atoms with Gasteiger partial charge in [-0.2, -0.15) is 0 Å². The standard InChI is InChI=1S/C17H23N3O3S/c1-5-11(3)15(16(22)23-4)20-14(21)9-24-17-18-12-7-6-10(2)8-13(12)19-17/h6-8,11,15H,5,9H2,1-4H3,(H,18,19)(H,20,21)/t11-,15+/m0/s1. The van der Waals surface area contributed by atoms with Gasteiger partial charge < -0.3 is 15.0 Å². The summed E-state index contributed by atoms with van der Waals surface area (Å²) in [7, 11) is 1.33. The highest BCUT2D eigenvalue weighted by Gasteiger charge is 2.26. The zero-order valence-electron chi connectivity index (χ0n) is 14.4. The number of esters is 1. The minimum absolute atomic E-state index is 0.0144. The molecule has 0 aliphatic heterocycles. The summed E-state index contributed by atoms with van der Waals surface area (Å²) in [5.74, 6) is -0.433. The number of methoxy groups -OCH3 is 1. The molecule has 0 bridgehead atoms. The summed E-state index contributed by atoms with van der Waals surface area (Å²) in [6, 6.07) is 5.34. The molecule has 130 valence electrons. The topological polar surface area (TPSA) is 84.1 Å². The minimum atomic E-state index is -0.619. The van der Waals surface area contributed by atoms with Crippen LogP contribution in [0, 0.1) is 12.8 Å². The lowest BCUT2D eigenvalue weighted by molar-refractivity contribution is -0.146. The molecule has 0 spiro atoms. The Morgan fingerprint density at radius 3 is 2.83 bits per heavy atom. The van der Waals surface area contributed by atoms with Crippen molar-refractivity contribution in [1.82, 2.24) is 15.3 Å². The van der Waals surface area contributed by atoms with Crippen LogP contribution in [0.1, 0.15) is 25.8 Å². The summed E-state index contributed by atoms with van der Waals surface area (Å²) in [4.78, 5) is 31.6.